The van der Waals surface area contributed by atoms with Crippen LogP contribution in [0.3, 0.4) is 0 Å². The van der Waals surface area contributed by atoms with Gasteiger partial charge in [0.2, 0.25) is 0 Å². The highest BCUT2D eigenvalue weighted by Gasteiger charge is 2.52. The number of nitrogens with zero attached hydrogens (tertiary/aromatic N) is 2. The second kappa shape index (κ2) is 37.5. The standard InChI is InChI=1S/C44H100N4O10SSi4/c1-17-47(18-2)43(41(11)31-27-35-60(49-13)50-14,39-45-33-29-37-62(53-21-5,54-22-6)55-23-7)59-44(48(19-3)20-4,42(12)32-28-36-61(51-15)52-16)40-46-34-30-38-63(56-24-8,57-25-9)58-26-10/h41-42,45-46H,17-40H2,1-16H3. The molecule has 0 saturated heterocycles. The molecule has 378 valence electrons. The molecule has 0 bridgehead atoms. The average Bonchev–Trinajstić information content (AvgIpc) is 3.27. The molecule has 14 nitrogen and oxygen atoms in total. The van der Waals surface area contributed by atoms with Gasteiger partial charge in [0.15, 0.2) is 0 Å². The summed E-state index contributed by atoms with van der Waals surface area (Å²) in [5.74, 6) is 0.675. The summed E-state index contributed by atoms with van der Waals surface area (Å²) in [7, 11) is -1.01. The maximum absolute atomic E-state index is 6.26. The zero-order valence-electron chi connectivity index (χ0n) is 43.5. The number of likely N-dealkylation sites (N-methyl/N-ethyl adjacent to an activating group) is 2. The lowest BCUT2D eigenvalue weighted by molar-refractivity contribution is 0.0699. The van der Waals surface area contributed by atoms with E-state index in [-0.39, 0.29) is 9.74 Å². The second-order valence-electron chi connectivity index (χ2n) is 15.8. The van der Waals surface area contributed by atoms with Gasteiger partial charge in [0.05, 0.1) is 9.74 Å². The third-order valence-corrected chi connectivity index (χ3v) is 24.0. The van der Waals surface area contributed by atoms with Crippen LogP contribution in [0.4, 0.5) is 0 Å². The van der Waals surface area contributed by atoms with E-state index in [0.29, 0.717) is 51.5 Å². The Bertz CT molecular complexity index is 951. The fraction of sp³-hybridized carbons (Fsp3) is 1.00. The lowest BCUT2D eigenvalue weighted by Gasteiger charge is -2.57. The summed E-state index contributed by atoms with van der Waals surface area (Å²) in [5.41, 5.74) is 0. The van der Waals surface area contributed by atoms with Gasteiger partial charge in [-0.3, -0.25) is 9.80 Å². The predicted molar refractivity (Wildman–Crippen MR) is 271 cm³/mol. The summed E-state index contributed by atoms with van der Waals surface area (Å²) < 4.78 is 60.6. The maximum Gasteiger partial charge on any atom is 0.500 e. The van der Waals surface area contributed by atoms with Crippen molar-refractivity contribution in [1.82, 2.24) is 20.4 Å². The van der Waals surface area contributed by atoms with Crippen molar-refractivity contribution in [3.8, 4) is 0 Å². The average molecular weight is 990 g/mol. The Morgan fingerprint density at radius 3 is 1.00 bits per heavy atom. The zero-order valence-corrected chi connectivity index (χ0v) is 48.3. The van der Waals surface area contributed by atoms with Crippen molar-refractivity contribution < 1.29 is 44.3 Å². The quantitative estimate of drug-likeness (QED) is 0.0346. The van der Waals surface area contributed by atoms with Gasteiger partial charge in [-0.05, 0) is 130 Å². The Hall–Kier alpha value is 0.658. The van der Waals surface area contributed by atoms with Gasteiger partial charge in [0.25, 0.3) is 0 Å². The van der Waals surface area contributed by atoms with Crippen molar-refractivity contribution >= 4 is 47.9 Å². The molecule has 0 aliphatic rings. The third kappa shape index (κ3) is 21.9. The van der Waals surface area contributed by atoms with Crippen LogP contribution in [-0.2, 0) is 44.3 Å². The van der Waals surface area contributed by atoms with E-state index in [0.717, 1.165) is 115 Å². The lowest BCUT2D eigenvalue weighted by atomic mass is 9.93. The molecule has 0 aromatic carbocycles. The summed E-state index contributed by atoms with van der Waals surface area (Å²) in [6.45, 7) is 37.1. The molecule has 4 unspecified atom stereocenters. The van der Waals surface area contributed by atoms with Crippen LogP contribution >= 0.6 is 11.8 Å². The van der Waals surface area contributed by atoms with E-state index in [2.05, 4.69) is 73.7 Å². The molecule has 0 amide bonds. The van der Waals surface area contributed by atoms with Gasteiger partial charge < -0.3 is 54.9 Å². The summed E-state index contributed by atoms with van der Waals surface area (Å²) in [4.78, 5) is 5.00. The largest absolute Gasteiger partial charge is 0.500 e. The van der Waals surface area contributed by atoms with Crippen LogP contribution in [0.1, 0.15) is 122 Å². The number of thioether (sulfide) groups is 1. The van der Waals surface area contributed by atoms with E-state index < -0.39 is 36.2 Å². The number of rotatable bonds is 46. The first-order valence-corrected chi connectivity index (χ1v) is 32.4. The van der Waals surface area contributed by atoms with Crippen LogP contribution < -0.4 is 10.6 Å². The normalized spacial score (nSPS) is 15.8. The minimum atomic E-state index is -2.77. The Balaban J connectivity index is 7.42. The molecule has 0 aliphatic heterocycles. The van der Waals surface area contributed by atoms with Gasteiger partial charge >= 0.3 is 36.2 Å². The fourth-order valence-electron chi connectivity index (χ4n) is 8.95. The maximum atomic E-state index is 6.26. The van der Waals surface area contributed by atoms with E-state index in [1.165, 1.54) is 0 Å². The van der Waals surface area contributed by atoms with E-state index in [1.54, 1.807) is 28.4 Å². The first kappa shape index (κ1) is 63.7. The Morgan fingerprint density at radius 2 is 0.762 bits per heavy atom. The first-order chi connectivity index (χ1) is 30.4. The zero-order chi connectivity index (χ0) is 47.6. The highest BCUT2D eigenvalue weighted by Crippen LogP contribution is 2.51. The molecular weight excluding hydrogens is 889 g/mol. The Morgan fingerprint density at radius 1 is 0.476 bits per heavy atom. The highest BCUT2D eigenvalue weighted by atomic mass is 32.2. The van der Waals surface area contributed by atoms with Gasteiger partial charge in [-0.25, -0.2) is 0 Å². The smallest absolute Gasteiger partial charge is 0.397 e. The summed E-state index contributed by atoms with van der Waals surface area (Å²) in [5, 5.41) is 8.12. The molecule has 0 aliphatic carbocycles. The number of hydrogen-bond acceptors (Lipinski definition) is 15. The predicted octanol–water partition coefficient (Wildman–Crippen LogP) is 8.25. The van der Waals surface area contributed by atoms with Crippen LogP contribution in [0.25, 0.3) is 0 Å². The molecule has 0 aromatic heterocycles. The molecule has 4 atom stereocenters. The van der Waals surface area contributed by atoms with E-state index in [4.69, 9.17) is 44.3 Å². The van der Waals surface area contributed by atoms with E-state index in [9.17, 15) is 0 Å². The van der Waals surface area contributed by atoms with Crippen molar-refractivity contribution in [2.75, 3.05) is 120 Å². The molecule has 2 N–H and O–H groups in total. The van der Waals surface area contributed by atoms with E-state index in [1.807, 2.05) is 41.5 Å². The van der Waals surface area contributed by atoms with Crippen molar-refractivity contribution in [1.29, 1.82) is 0 Å². The van der Waals surface area contributed by atoms with Crippen LogP contribution in [0.5, 0.6) is 0 Å². The fourth-order valence-corrected chi connectivity index (χ4v) is 18.7. The number of nitrogens with one attached hydrogen (secondary N) is 2. The molecule has 63 heavy (non-hydrogen) atoms. The summed E-state index contributed by atoms with van der Waals surface area (Å²) in [6.07, 6.45) is 6.02. The van der Waals surface area contributed by atoms with Crippen molar-refractivity contribution in [2.45, 2.75) is 156 Å². The third-order valence-electron chi connectivity index (χ3n) is 12.1. The molecule has 19 heteroatoms. The second-order valence-corrected chi connectivity index (χ2v) is 27.0. The van der Waals surface area contributed by atoms with Gasteiger partial charge in [0.1, 0.15) is 0 Å². The topological polar surface area (TPSA) is 123 Å². The Kier molecular flexibility index (Phi) is 37.9. The minimum absolute atomic E-state index is 0.252. The molecule has 0 heterocycles. The number of hydrogen-bond donors (Lipinski definition) is 2. The highest BCUT2D eigenvalue weighted by molar-refractivity contribution is 8.02. The monoisotopic (exact) mass is 989 g/mol. The summed E-state index contributed by atoms with van der Waals surface area (Å²) in [6, 6.07) is 3.47. The SMILES string of the molecule is CCO[Si](CCCNCC(SC(CNCCC[Si](OCC)(OCC)OCC)(C(C)CCC[Si](OC)OC)N(CC)CC)(C(C)CCC[Si](OC)OC)N(CC)CC)(OCC)OCC. The van der Waals surface area contributed by atoms with Gasteiger partial charge in [-0.1, -0.05) is 54.4 Å². The van der Waals surface area contributed by atoms with E-state index >= 15 is 0 Å². The van der Waals surface area contributed by atoms with Crippen molar-refractivity contribution in [3.05, 3.63) is 0 Å². The molecule has 0 saturated carbocycles. The van der Waals surface area contributed by atoms with Gasteiger partial charge in [-0.15, -0.1) is 11.8 Å². The minimum Gasteiger partial charge on any atom is -0.397 e. The Labute approximate surface area is 398 Å². The van der Waals surface area contributed by atoms with Crippen molar-refractivity contribution in [2.24, 2.45) is 11.8 Å². The van der Waals surface area contributed by atoms with Crippen molar-refractivity contribution in [3.63, 3.8) is 0 Å². The van der Waals surface area contributed by atoms with Crippen LogP contribution in [0.15, 0.2) is 0 Å². The molecule has 0 aromatic rings. The van der Waals surface area contributed by atoms with Crippen LogP contribution in [0, 0.1) is 11.8 Å². The lowest BCUT2D eigenvalue weighted by Crippen LogP contribution is -2.65. The molecule has 0 spiro atoms. The van der Waals surface area contributed by atoms with Crippen LogP contribution in [-0.4, -0.2) is 176 Å². The van der Waals surface area contributed by atoms with Gasteiger partial charge in [0, 0.05) is 93.3 Å². The summed E-state index contributed by atoms with van der Waals surface area (Å²) >= 11 is 2.22. The molecule has 0 rings (SSSR count). The molecular formula is C44H100N4O10SSi4. The van der Waals surface area contributed by atoms with Gasteiger partial charge in [-0.2, -0.15) is 0 Å². The molecule has 2 radical (unpaired) electrons. The molecule has 0 fully saturated rings. The van der Waals surface area contributed by atoms with Crippen LogP contribution in [0.2, 0.25) is 24.2 Å². The first-order valence-electron chi connectivity index (χ1n) is 24.7.